The van der Waals surface area contributed by atoms with E-state index in [2.05, 4.69) is 0 Å². The highest BCUT2D eigenvalue weighted by molar-refractivity contribution is 7.91. The number of sulfone groups is 1. The van der Waals surface area contributed by atoms with Crippen molar-refractivity contribution in [2.24, 2.45) is 0 Å². The van der Waals surface area contributed by atoms with Crippen molar-refractivity contribution in [3.05, 3.63) is 77.2 Å². The van der Waals surface area contributed by atoms with Crippen LogP contribution >= 0.6 is 11.3 Å². The molecular weight excluding hydrogens is 406 g/mol. The third kappa shape index (κ3) is 4.68. The topological polar surface area (TPSA) is 63.7 Å². The Morgan fingerprint density at radius 1 is 0.966 bits per heavy atom. The SMILES string of the molecule is O=C(c1sc(-c2ccccc2)cc1OCc1ccccc1)N1CCS(=O)(=O)CC1. The summed E-state index contributed by atoms with van der Waals surface area (Å²) in [6.07, 6.45) is 0. The molecule has 3 aromatic rings. The minimum atomic E-state index is -3.05. The predicted octanol–water partition coefficient (Wildman–Crippen LogP) is 3.86. The quantitative estimate of drug-likeness (QED) is 0.620. The van der Waals surface area contributed by atoms with E-state index in [1.807, 2.05) is 66.7 Å². The lowest BCUT2D eigenvalue weighted by molar-refractivity contribution is 0.0770. The molecule has 5 nitrogen and oxygen atoms in total. The summed E-state index contributed by atoms with van der Waals surface area (Å²) in [7, 11) is -3.05. The molecule has 2 heterocycles. The smallest absolute Gasteiger partial charge is 0.267 e. The highest BCUT2D eigenvalue weighted by Crippen LogP contribution is 2.37. The van der Waals surface area contributed by atoms with Gasteiger partial charge in [0.05, 0.1) is 11.5 Å². The Morgan fingerprint density at radius 3 is 2.24 bits per heavy atom. The second-order valence-corrected chi connectivity index (χ2v) is 10.2. The van der Waals surface area contributed by atoms with Gasteiger partial charge in [-0.05, 0) is 17.2 Å². The number of amides is 1. The van der Waals surface area contributed by atoms with Crippen LogP contribution in [0.15, 0.2) is 66.7 Å². The molecule has 1 fully saturated rings. The van der Waals surface area contributed by atoms with E-state index < -0.39 is 9.84 Å². The van der Waals surface area contributed by atoms with Gasteiger partial charge in [0.15, 0.2) is 9.84 Å². The van der Waals surface area contributed by atoms with Gasteiger partial charge in [0, 0.05) is 18.0 Å². The summed E-state index contributed by atoms with van der Waals surface area (Å²) in [6, 6.07) is 21.5. The molecule has 0 unspecified atom stereocenters. The molecule has 1 amide bonds. The summed E-state index contributed by atoms with van der Waals surface area (Å²) in [6.45, 7) is 0.802. The van der Waals surface area contributed by atoms with Gasteiger partial charge in [-0.15, -0.1) is 11.3 Å². The van der Waals surface area contributed by atoms with Crippen molar-refractivity contribution in [3.8, 4) is 16.2 Å². The van der Waals surface area contributed by atoms with Gasteiger partial charge in [0.1, 0.15) is 17.2 Å². The van der Waals surface area contributed by atoms with E-state index in [1.165, 1.54) is 11.3 Å². The average molecular weight is 428 g/mol. The van der Waals surface area contributed by atoms with Gasteiger partial charge in [0.25, 0.3) is 5.91 Å². The summed E-state index contributed by atoms with van der Waals surface area (Å²) in [5.74, 6) is 0.386. The first kappa shape index (κ1) is 19.7. The molecule has 0 aliphatic carbocycles. The van der Waals surface area contributed by atoms with E-state index in [1.54, 1.807) is 4.90 Å². The average Bonchev–Trinajstić information content (AvgIpc) is 3.17. The zero-order valence-corrected chi connectivity index (χ0v) is 17.4. The van der Waals surface area contributed by atoms with E-state index >= 15 is 0 Å². The molecule has 1 aromatic heterocycles. The molecule has 0 spiro atoms. The van der Waals surface area contributed by atoms with Crippen LogP contribution in [-0.2, 0) is 16.4 Å². The van der Waals surface area contributed by atoms with Crippen molar-refractivity contribution in [3.63, 3.8) is 0 Å². The van der Waals surface area contributed by atoms with Crippen molar-refractivity contribution < 1.29 is 17.9 Å². The molecule has 0 saturated carbocycles. The van der Waals surface area contributed by atoms with Crippen molar-refractivity contribution in [2.75, 3.05) is 24.6 Å². The second-order valence-electron chi connectivity index (χ2n) is 6.89. The second kappa shape index (κ2) is 8.39. The molecule has 0 N–H and O–H groups in total. The van der Waals surface area contributed by atoms with Crippen molar-refractivity contribution in [1.82, 2.24) is 4.90 Å². The van der Waals surface area contributed by atoms with E-state index in [0.717, 1.165) is 16.0 Å². The van der Waals surface area contributed by atoms with Crippen LogP contribution in [0.1, 0.15) is 15.2 Å². The summed E-state index contributed by atoms with van der Waals surface area (Å²) >= 11 is 1.38. The Balaban J connectivity index is 1.61. The number of thiophene rings is 1. The maximum absolute atomic E-state index is 13.1. The Labute approximate surface area is 174 Å². The standard InChI is InChI=1S/C22H21NO4S2/c24-22(23-11-13-29(25,26)14-12-23)21-19(27-16-17-7-3-1-4-8-17)15-20(28-21)18-9-5-2-6-10-18/h1-10,15H,11-14,16H2. The molecule has 1 saturated heterocycles. The lowest BCUT2D eigenvalue weighted by Gasteiger charge is -2.26. The van der Waals surface area contributed by atoms with Crippen molar-refractivity contribution >= 4 is 27.1 Å². The molecule has 4 rings (SSSR count). The van der Waals surface area contributed by atoms with Crippen LogP contribution in [0.25, 0.3) is 10.4 Å². The van der Waals surface area contributed by atoms with Gasteiger partial charge in [0.2, 0.25) is 0 Å². The van der Waals surface area contributed by atoms with Crippen LogP contribution in [0.2, 0.25) is 0 Å². The number of hydrogen-bond acceptors (Lipinski definition) is 5. The van der Waals surface area contributed by atoms with Crippen LogP contribution in [0.4, 0.5) is 0 Å². The van der Waals surface area contributed by atoms with E-state index in [4.69, 9.17) is 4.74 Å². The van der Waals surface area contributed by atoms with Gasteiger partial charge in [-0.2, -0.15) is 0 Å². The van der Waals surface area contributed by atoms with Gasteiger partial charge in [-0.1, -0.05) is 60.7 Å². The highest BCUT2D eigenvalue weighted by atomic mass is 32.2. The number of rotatable bonds is 5. The third-order valence-corrected chi connectivity index (χ3v) is 7.58. The first-order valence-corrected chi connectivity index (χ1v) is 12.0. The Kier molecular flexibility index (Phi) is 5.69. The Bertz CT molecular complexity index is 1080. The molecule has 7 heteroatoms. The van der Waals surface area contributed by atoms with E-state index in [9.17, 15) is 13.2 Å². The highest BCUT2D eigenvalue weighted by Gasteiger charge is 2.29. The number of hydrogen-bond donors (Lipinski definition) is 0. The zero-order valence-electron chi connectivity index (χ0n) is 15.8. The van der Waals surface area contributed by atoms with Gasteiger partial charge < -0.3 is 9.64 Å². The third-order valence-electron chi connectivity index (χ3n) is 4.82. The molecular formula is C22H21NO4S2. The predicted molar refractivity (Wildman–Crippen MR) is 115 cm³/mol. The van der Waals surface area contributed by atoms with Crippen LogP contribution in [-0.4, -0.2) is 43.8 Å². The Hall–Kier alpha value is -2.64. The molecule has 0 atom stereocenters. The number of ether oxygens (including phenoxy) is 1. The fourth-order valence-corrected chi connectivity index (χ4v) is 5.45. The lowest BCUT2D eigenvalue weighted by atomic mass is 10.2. The monoisotopic (exact) mass is 427 g/mol. The molecule has 2 aromatic carbocycles. The molecule has 29 heavy (non-hydrogen) atoms. The van der Waals surface area contributed by atoms with Gasteiger partial charge >= 0.3 is 0 Å². The first-order chi connectivity index (χ1) is 14.0. The normalized spacial score (nSPS) is 15.8. The van der Waals surface area contributed by atoms with Crippen LogP contribution in [0.3, 0.4) is 0 Å². The lowest BCUT2D eigenvalue weighted by Crippen LogP contribution is -2.43. The number of nitrogens with zero attached hydrogens (tertiary/aromatic N) is 1. The van der Waals surface area contributed by atoms with Gasteiger partial charge in [-0.25, -0.2) is 8.42 Å². The fraction of sp³-hybridized carbons (Fsp3) is 0.227. The maximum atomic E-state index is 13.1. The Morgan fingerprint density at radius 2 is 1.59 bits per heavy atom. The largest absolute Gasteiger partial charge is 0.487 e. The number of carbonyl (C=O) groups is 1. The van der Waals surface area contributed by atoms with Gasteiger partial charge in [-0.3, -0.25) is 4.79 Å². The minimum Gasteiger partial charge on any atom is -0.487 e. The molecule has 1 aliphatic rings. The fourth-order valence-electron chi connectivity index (χ4n) is 3.17. The summed E-state index contributed by atoms with van der Waals surface area (Å²) in [4.78, 5) is 16.2. The number of benzene rings is 2. The van der Waals surface area contributed by atoms with Crippen molar-refractivity contribution in [1.29, 1.82) is 0 Å². The van der Waals surface area contributed by atoms with Crippen molar-refractivity contribution in [2.45, 2.75) is 6.61 Å². The maximum Gasteiger partial charge on any atom is 0.267 e. The zero-order chi connectivity index (χ0) is 20.3. The van der Waals surface area contributed by atoms with Crippen LogP contribution < -0.4 is 4.74 Å². The molecule has 0 bridgehead atoms. The minimum absolute atomic E-state index is 0.00979. The summed E-state index contributed by atoms with van der Waals surface area (Å²) in [5, 5.41) is 0. The molecule has 0 radical (unpaired) electrons. The summed E-state index contributed by atoms with van der Waals surface area (Å²) < 4.78 is 29.4. The number of carbonyl (C=O) groups excluding carboxylic acids is 1. The van der Waals surface area contributed by atoms with E-state index in [-0.39, 0.29) is 30.5 Å². The van der Waals surface area contributed by atoms with E-state index in [0.29, 0.717) is 17.2 Å². The molecule has 150 valence electrons. The van der Waals surface area contributed by atoms with Crippen LogP contribution in [0.5, 0.6) is 5.75 Å². The molecule has 1 aliphatic heterocycles. The van der Waals surface area contributed by atoms with Crippen LogP contribution in [0, 0.1) is 0 Å². The first-order valence-electron chi connectivity index (χ1n) is 9.37. The summed E-state index contributed by atoms with van der Waals surface area (Å²) in [5.41, 5.74) is 2.03.